The summed E-state index contributed by atoms with van der Waals surface area (Å²) in [4.78, 5) is 10.2. The van der Waals surface area contributed by atoms with Gasteiger partial charge < -0.3 is 4.74 Å². The number of carbonyl (C=O) groups is 1. The van der Waals surface area contributed by atoms with E-state index in [1.165, 1.54) is 14.0 Å². The first-order valence-electron chi connectivity index (χ1n) is 1.89. The fourth-order valence-corrected chi connectivity index (χ4v) is 0.166. The van der Waals surface area contributed by atoms with Gasteiger partial charge in [0.1, 0.15) is 0 Å². The van der Waals surface area contributed by atoms with Crippen LogP contribution in [0.2, 0.25) is 0 Å². The number of rotatable bonds is 2. The van der Waals surface area contributed by atoms with Crippen molar-refractivity contribution in [3.05, 3.63) is 0 Å². The topological polar surface area (TPSA) is 26.3 Å². The number of ketones is 1. The smallest absolute Gasteiger partial charge is 0.168 e. The Balaban J connectivity index is 3.34. The molecule has 3 heteroatoms. The van der Waals surface area contributed by atoms with Gasteiger partial charge in [-0.1, -0.05) is 0 Å². The van der Waals surface area contributed by atoms with Gasteiger partial charge in [-0.3, -0.25) is 4.79 Å². The van der Waals surface area contributed by atoms with Crippen molar-refractivity contribution in [1.82, 2.24) is 0 Å². The maximum atomic E-state index is 10.2. The Hall–Kier alpha value is -0.0200. The minimum atomic E-state index is -0.542. The highest BCUT2D eigenvalue weighted by Gasteiger charge is 2.03. The van der Waals surface area contributed by atoms with Crippen molar-refractivity contribution in [1.29, 1.82) is 0 Å². The fourth-order valence-electron chi connectivity index (χ4n) is 0.166. The number of methoxy groups -OCH3 is 1. The summed E-state index contributed by atoms with van der Waals surface area (Å²) in [5.74, 6) is -0.0640. The summed E-state index contributed by atoms with van der Waals surface area (Å²) < 4.78 is 4.53. The van der Waals surface area contributed by atoms with Crippen molar-refractivity contribution in [2.75, 3.05) is 7.11 Å². The zero-order chi connectivity index (χ0) is 5.86. The molecule has 7 heavy (non-hydrogen) atoms. The summed E-state index contributed by atoms with van der Waals surface area (Å²) in [6.45, 7) is 1.43. The first kappa shape index (κ1) is 6.98. The highest BCUT2D eigenvalue weighted by atomic mass is 32.1. The molecule has 1 atom stereocenters. The van der Waals surface area contributed by atoms with Crippen LogP contribution in [-0.4, -0.2) is 18.3 Å². The van der Waals surface area contributed by atoms with Crippen molar-refractivity contribution in [3.8, 4) is 0 Å². The van der Waals surface area contributed by atoms with Gasteiger partial charge in [-0.2, -0.15) is 0 Å². The molecule has 2 nitrogen and oxygen atoms in total. The SMILES string of the molecule is COC(S)C(C)=O. The van der Waals surface area contributed by atoms with Crippen molar-refractivity contribution in [3.63, 3.8) is 0 Å². The van der Waals surface area contributed by atoms with E-state index in [9.17, 15) is 4.79 Å². The Morgan fingerprint density at radius 3 is 2.29 bits per heavy atom. The molecule has 0 fully saturated rings. The standard InChI is InChI=1S/C4H8O2S/c1-3(5)4(7)6-2/h4,7H,1-2H3. The summed E-state index contributed by atoms with van der Waals surface area (Å²) in [6, 6.07) is 0. The van der Waals surface area contributed by atoms with Crippen LogP contribution < -0.4 is 0 Å². The van der Waals surface area contributed by atoms with Gasteiger partial charge in [0.15, 0.2) is 11.2 Å². The molecular weight excluding hydrogens is 112 g/mol. The normalized spacial score (nSPS) is 13.6. The second-order valence-electron chi connectivity index (χ2n) is 1.20. The van der Waals surface area contributed by atoms with Crippen LogP contribution in [0, 0.1) is 0 Å². The quantitative estimate of drug-likeness (QED) is 0.423. The molecule has 42 valence electrons. The van der Waals surface area contributed by atoms with Crippen LogP contribution in [0.25, 0.3) is 0 Å². The van der Waals surface area contributed by atoms with E-state index in [4.69, 9.17) is 0 Å². The number of carbonyl (C=O) groups excluding carboxylic acids is 1. The Morgan fingerprint density at radius 2 is 2.29 bits per heavy atom. The second kappa shape index (κ2) is 3.04. The lowest BCUT2D eigenvalue weighted by molar-refractivity contribution is -0.122. The van der Waals surface area contributed by atoms with E-state index >= 15 is 0 Å². The van der Waals surface area contributed by atoms with E-state index in [0.29, 0.717) is 0 Å². The van der Waals surface area contributed by atoms with Crippen LogP contribution in [-0.2, 0) is 9.53 Å². The monoisotopic (exact) mass is 120 g/mol. The maximum Gasteiger partial charge on any atom is 0.168 e. The Kier molecular flexibility index (Phi) is 3.04. The highest BCUT2D eigenvalue weighted by molar-refractivity contribution is 7.81. The van der Waals surface area contributed by atoms with Gasteiger partial charge >= 0.3 is 0 Å². The molecule has 0 radical (unpaired) electrons. The lowest BCUT2D eigenvalue weighted by Crippen LogP contribution is -2.11. The molecule has 0 saturated heterocycles. The maximum absolute atomic E-state index is 10.2. The molecular formula is C4H8O2S. The van der Waals surface area contributed by atoms with Crippen LogP contribution in [0.15, 0.2) is 0 Å². The third-order valence-corrected chi connectivity index (χ3v) is 1.15. The van der Waals surface area contributed by atoms with E-state index in [1.54, 1.807) is 0 Å². The molecule has 0 amide bonds. The zero-order valence-corrected chi connectivity index (χ0v) is 5.24. The summed E-state index contributed by atoms with van der Waals surface area (Å²) in [7, 11) is 1.44. The third kappa shape index (κ3) is 2.65. The van der Waals surface area contributed by atoms with Gasteiger partial charge in [0.25, 0.3) is 0 Å². The van der Waals surface area contributed by atoms with E-state index in [-0.39, 0.29) is 5.78 Å². The fraction of sp³-hybridized carbons (Fsp3) is 0.750. The molecule has 0 aliphatic carbocycles. The van der Waals surface area contributed by atoms with Crippen molar-refractivity contribution < 1.29 is 9.53 Å². The van der Waals surface area contributed by atoms with Gasteiger partial charge in [-0.25, -0.2) is 0 Å². The first-order chi connectivity index (χ1) is 3.18. The second-order valence-corrected chi connectivity index (χ2v) is 1.67. The highest BCUT2D eigenvalue weighted by Crippen LogP contribution is 1.94. The van der Waals surface area contributed by atoms with Gasteiger partial charge in [-0.05, 0) is 6.92 Å². The van der Waals surface area contributed by atoms with Crippen molar-refractivity contribution in [2.24, 2.45) is 0 Å². The zero-order valence-electron chi connectivity index (χ0n) is 4.34. The largest absolute Gasteiger partial charge is 0.363 e. The predicted molar refractivity (Wildman–Crippen MR) is 30.5 cm³/mol. The average Bonchev–Trinajstić information content (AvgIpc) is 1.65. The lowest BCUT2D eigenvalue weighted by atomic mass is 10.5. The third-order valence-electron chi connectivity index (χ3n) is 0.571. The number of hydrogen-bond acceptors (Lipinski definition) is 3. The van der Waals surface area contributed by atoms with Crippen LogP contribution in [0.3, 0.4) is 0 Å². The number of ether oxygens (including phenoxy) is 1. The number of Topliss-reactive ketones (excluding diaryl/α,β-unsaturated/α-hetero) is 1. The number of thiol groups is 1. The first-order valence-corrected chi connectivity index (χ1v) is 2.41. The molecule has 0 aromatic rings. The van der Waals surface area contributed by atoms with Gasteiger partial charge in [0.05, 0.1) is 0 Å². The molecule has 0 aliphatic heterocycles. The van der Waals surface area contributed by atoms with Crippen molar-refractivity contribution >= 4 is 18.4 Å². The molecule has 1 unspecified atom stereocenters. The molecule has 0 aliphatic rings. The van der Waals surface area contributed by atoms with Gasteiger partial charge in [0, 0.05) is 7.11 Å². The molecule has 0 aromatic heterocycles. The molecule has 0 saturated carbocycles. The predicted octanol–water partition coefficient (Wildman–Crippen LogP) is 0.478. The molecule has 0 aromatic carbocycles. The van der Waals surface area contributed by atoms with Crippen LogP contribution in [0.4, 0.5) is 0 Å². The minimum Gasteiger partial charge on any atom is -0.363 e. The van der Waals surface area contributed by atoms with E-state index in [1.807, 2.05) is 0 Å². The van der Waals surface area contributed by atoms with Crippen molar-refractivity contribution in [2.45, 2.75) is 12.4 Å². The molecule has 0 rings (SSSR count). The van der Waals surface area contributed by atoms with Gasteiger partial charge in [0.2, 0.25) is 0 Å². The summed E-state index contributed by atoms with van der Waals surface area (Å²) in [5, 5.41) is 0. The Bertz CT molecular complexity index is 72.1. The van der Waals surface area contributed by atoms with E-state index in [0.717, 1.165) is 0 Å². The Morgan fingerprint density at radius 1 is 1.86 bits per heavy atom. The van der Waals surface area contributed by atoms with E-state index < -0.39 is 5.44 Å². The van der Waals surface area contributed by atoms with Crippen LogP contribution in [0.5, 0.6) is 0 Å². The average molecular weight is 120 g/mol. The summed E-state index contributed by atoms with van der Waals surface area (Å²) in [6.07, 6.45) is 0. The molecule has 0 heterocycles. The molecule has 0 bridgehead atoms. The lowest BCUT2D eigenvalue weighted by Gasteiger charge is -1.99. The summed E-state index contributed by atoms with van der Waals surface area (Å²) in [5.41, 5.74) is -0.542. The van der Waals surface area contributed by atoms with Crippen LogP contribution in [0.1, 0.15) is 6.92 Å². The van der Waals surface area contributed by atoms with E-state index in [2.05, 4.69) is 17.4 Å². The van der Waals surface area contributed by atoms with Crippen LogP contribution >= 0.6 is 12.6 Å². The number of hydrogen-bond donors (Lipinski definition) is 1. The van der Waals surface area contributed by atoms with Gasteiger partial charge in [-0.15, -0.1) is 12.6 Å². The molecule has 0 spiro atoms. The minimum absolute atomic E-state index is 0.0640. The summed E-state index contributed by atoms with van der Waals surface area (Å²) >= 11 is 3.75. The molecule has 0 N–H and O–H groups in total. The Labute approximate surface area is 48.3 Å².